The van der Waals surface area contributed by atoms with Crippen molar-refractivity contribution in [1.29, 1.82) is 0 Å². The lowest BCUT2D eigenvalue weighted by Gasteiger charge is -2.18. The molecule has 0 aliphatic carbocycles. The first kappa shape index (κ1) is 17.1. The van der Waals surface area contributed by atoms with E-state index in [2.05, 4.69) is 4.98 Å². The summed E-state index contributed by atoms with van der Waals surface area (Å²) in [5, 5.41) is 9.77. The molecule has 0 aliphatic rings. The third kappa shape index (κ3) is 4.86. The summed E-state index contributed by atoms with van der Waals surface area (Å²) in [7, 11) is 3.23. The van der Waals surface area contributed by atoms with Gasteiger partial charge in [-0.1, -0.05) is 0 Å². The molecule has 23 heavy (non-hydrogen) atoms. The zero-order chi connectivity index (χ0) is 16.9. The Hall–Kier alpha value is -2.27. The molecule has 2 rings (SSSR count). The molecule has 0 unspecified atom stereocenters. The molecular weight excluding hydrogens is 294 g/mol. The van der Waals surface area contributed by atoms with Crippen LogP contribution < -0.4 is 14.2 Å². The van der Waals surface area contributed by atoms with Crippen LogP contribution >= 0.6 is 0 Å². The first-order chi connectivity index (χ1) is 10.9. The smallest absolute Gasteiger partial charge is 0.144 e. The molecule has 1 aromatic carbocycles. The molecule has 0 bridgehead atoms. The van der Waals surface area contributed by atoms with Crippen molar-refractivity contribution in [3.05, 3.63) is 36.7 Å². The molecule has 0 aliphatic heterocycles. The highest BCUT2D eigenvalue weighted by Gasteiger charge is 2.13. The quantitative estimate of drug-likeness (QED) is 0.849. The zero-order valence-corrected chi connectivity index (χ0v) is 14.0. The molecule has 1 N–H and O–H groups in total. The van der Waals surface area contributed by atoms with Crippen molar-refractivity contribution in [2.24, 2.45) is 0 Å². The van der Waals surface area contributed by atoms with E-state index < -0.39 is 5.60 Å². The van der Waals surface area contributed by atoms with Crippen molar-refractivity contribution in [3.8, 4) is 28.4 Å². The fourth-order valence-corrected chi connectivity index (χ4v) is 2.13. The maximum absolute atomic E-state index is 9.77. The normalized spacial score (nSPS) is 11.2. The van der Waals surface area contributed by atoms with Crippen molar-refractivity contribution in [2.45, 2.75) is 25.9 Å². The summed E-state index contributed by atoms with van der Waals surface area (Å²) >= 11 is 0. The van der Waals surface area contributed by atoms with E-state index in [1.807, 2.05) is 24.3 Å². The molecule has 1 aromatic heterocycles. The highest BCUT2D eigenvalue weighted by Crippen LogP contribution is 2.34. The first-order valence-corrected chi connectivity index (χ1v) is 7.45. The predicted molar refractivity (Wildman–Crippen MR) is 89.2 cm³/mol. The lowest BCUT2D eigenvalue weighted by atomic mass is 10.1. The van der Waals surface area contributed by atoms with Gasteiger partial charge in [-0.15, -0.1) is 0 Å². The van der Waals surface area contributed by atoms with Crippen LogP contribution in [-0.2, 0) is 0 Å². The average molecular weight is 317 g/mol. The van der Waals surface area contributed by atoms with Crippen LogP contribution in [0.2, 0.25) is 0 Å². The Bertz CT molecular complexity index is 650. The van der Waals surface area contributed by atoms with Crippen LogP contribution in [0.1, 0.15) is 20.3 Å². The number of nitrogens with zero attached hydrogens (tertiary/aromatic N) is 1. The fourth-order valence-electron chi connectivity index (χ4n) is 2.13. The second-order valence-corrected chi connectivity index (χ2v) is 5.88. The molecule has 0 atom stereocenters. The van der Waals surface area contributed by atoms with Gasteiger partial charge in [0.2, 0.25) is 0 Å². The molecule has 124 valence electrons. The summed E-state index contributed by atoms with van der Waals surface area (Å²) in [6.45, 7) is 3.94. The summed E-state index contributed by atoms with van der Waals surface area (Å²) in [5.74, 6) is 2.06. The monoisotopic (exact) mass is 317 g/mol. The van der Waals surface area contributed by atoms with Gasteiger partial charge >= 0.3 is 0 Å². The Balaban J connectivity index is 2.28. The SMILES string of the molecule is COc1cc(OCCC(C)(C)O)cc(-c2ccncc2OC)c1. The summed E-state index contributed by atoms with van der Waals surface area (Å²) < 4.78 is 16.5. The average Bonchev–Trinajstić information content (AvgIpc) is 2.53. The number of hydrogen-bond acceptors (Lipinski definition) is 5. The van der Waals surface area contributed by atoms with Crippen LogP contribution in [0.4, 0.5) is 0 Å². The molecule has 1 heterocycles. The van der Waals surface area contributed by atoms with Crippen molar-refractivity contribution >= 4 is 0 Å². The van der Waals surface area contributed by atoms with Crippen LogP contribution in [0, 0.1) is 0 Å². The molecule has 5 nitrogen and oxygen atoms in total. The summed E-state index contributed by atoms with van der Waals surface area (Å²) in [6.07, 6.45) is 3.92. The van der Waals surface area contributed by atoms with E-state index in [1.165, 1.54) is 0 Å². The predicted octanol–water partition coefficient (Wildman–Crippen LogP) is 3.31. The van der Waals surface area contributed by atoms with Gasteiger partial charge in [-0.05, 0) is 37.6 Å². The molecule has 0 fully saturated rings. The number of aliphatic hydroxyl groups is 1. The largest absolute Gasteiger partial charge is 0.497 e. The van der Waals surface area contributed by atoms with E-state index in [-0.39, 0.29) is 0 Å². The van der Waals surface area contributed by atoms with E-state index >= 15 is 0 Å². The van der Waals surface area contributed by atoms with Gasteiger partial charge in [0.05, 0.1) is 32.6 Å². The first-order valence-electron chi connectivity index (χ1n) is 7.45. The van der Waals surface area contributed by atoms with Crippen LogP contribution in [0.3, 0.4) is 0 Å². The summed E-state index contributed by atoms with van der Waals surface area (Å²) in [4.78, 5) is 4.07. The van der Waals surface area contributed by atoms with E-state index in [9.17, 15) is 5.11 Å². The third-order valence-corrected chi connectivity index (χ3v) is 3.41. The Morgan fingerprint density at radius 2 is 1.83 bits per heavy atom. The second-order valence-electron chi connectivity index (χ2n) is 5.88. The topological polar surface area (TPSA) is 60.8 Å². The van der Waals surface area contributed by atoms with Crippen molar-refractivity contribution in [1.82, 2.24) is 4.98 Å². The lowest BCUT2D eigenvalue weighted by molar-refractivity contribution is 0.0553. The van der Waals surface area contributed by atoms with Crippen LogP contribution in [0.15, 0.2) is 36.7 Å². The van der Waals surface area contributed by atoms with Gasteiger partial charge in [-0.2, -0.15) is 0 Å². The van der Waals surface area contributed by atoms with Crippen molar-refractivity contribution < 1.29 is 19.3 Å². The fraction of sp³-hybridized carbons (Fsp3) is 0.389. The Morgan fingerprint density at radius 3 is 2.48 bits per heavy atom. The zero-order valence-electron chi connectivity index (χ0n) is 14.0. The highest BCUT2D eigenvalue weighted by molar-refractivity contribution is 5.72. The molecular formula is C18H23NO4. The minimum Gasteiger partial charge on any atom is -0.497 e. The molecule has 0 amide bonds. The van der Waals surface area contributed by atoms with Gasteiger partial charge in [0, 0.05) is 24.2 Å². The Labute approximate surface area is 136 Å². The van der Waals surface area contributed by atoms with Gasteiger partial charge in [0.25, 0.3) is 0 Å². The highest BCUT2D eigenvalue weighted by atomic mass is 16.5. The third-order valence-electron chi connectivity index (χ3n) is 3.41. The van der Waals surface area contributed by atoms with E-state index in [4.69, 9.17) is 14.2 Å². The van der Waals surface area contributed by atoms with E-state index in [0.717, 1.165) is 11.1 Å². The van der Waals surface area contributed by atoms with Gasteiger partial charge in [-0.25, -0.2) is 0 Å². The van der Waals surface area contributed by atoms with E-state index in [0.29, 0.717) is 30.3 Å². The molecule has 0 spiro atoms. The molecule has 0 saturated heterocycles. The van der Waals surface area contributed by atoms with Crippen LogP contribution in [0.5, 0.6) is 17.2 Å². The number of pyridine rings is 1. The minimum atomic E-state index is -0.754. The van der Waals surface area contributed by atoms with Gasteiger partial charge in [-0.3, -0.25) is 4.98 Å². The van der Waals surface area contributed by atoms with Crippen molar-refractivity contribution in [3.63, 3.8) is 0 Å². The summed E-state index contributed by atoms with van der Waals surface area (Å²) in [6, 6.07) is 7.54. The minimum absolute atomic E-state index is 0.420. The standard InChI is InChI=1S/C18H23NO4/c1-18(2,20)6-8-23-15-10-13(9-14(11-15)21-3)16-5-7-19-12-17(16)22-4/h5,7,9-12,20H,6,8H2,1-4H3. The van der Waals surface area contributed by atoms with Gasteiger partial charge in [0.1, 0.15) is 17.2 Å². The van der Waals surface area contributed by atoms with Gasteiger partial charge < -0.3 is 19.3 Å². The number of benzene rings is 1. The number of aromatic nitrogens is 1. The molecule has 2 aromatic rings. The molecule has 5 heteroatoms. The Morgan fingerprint density at radius 1 is 1.09 bits per heavy atom. The van der Waals surface area contributed by atoms with Gasteiger partial charge in [0.15, 0.2) is 0 Å². The number of ether oxygens (including phenoxy) is 3. The van der Waals surface area contributed by atoms with Crippen LogP contribution in [-0.4, -0.2) is 36.5 Å². The number of hydrogen-bond donors (Lipinski definition) is 1. The van der Waals surface area contributed by atoms with E-state index in [1.54, 1.807) is 40.5 Å². The van der Waals surface area contributed by atoms with Crippen molar-refractivity contribution in [2.75, 3.05) is 20.8 Å². The number of rotatable bonds is 7. The summed E-state index contributed by atoms with van der Waals surface area (Å²) in [5.41, 5.74) is 1.08. The molecule has 0 saturated carbocycles. The second kappa shape index (κ2) is 7.33. The number of methoxy groups -OCH3 is 2. The van der Waals surface area contributed by atoms with Crippen LogP contribution in [0.25, 0.3) is 11.1 Å². The Kier molecular flexibility index (Phi) is 5.45. The lowest BCUT2D eigenvalue weighted by Crippen LogP contribution is -2.21. The maximum Gasteiger partial charge on any atom is 0.144 e. The maximum atomic E-state index is 9.77. The molecule has 0 radical (unpaired) electrons.